The lowest BCUT2D eigenvalue weighted by Crippen LogP contribution is -2.41. The molecule has 1 saturated carbocycles. The Hall–Kier alpha value is -3.66. The van der Waals surface area contributed by atoms with Crippen molar-refractivity contribution in [1.29, 1.82) is 0 Å². The van der Waals surface area contributed by atoms with Crippen molar-refractivity contribution in [3.63, 3.8) is 0 Å². The number of hydrogen-bond donors (Lipinski definition) is 1. The predicted octanol–water partition coefficient (Wildman–Crippen LogP) is 6.82. The van der Waals surface area contributed by atoms with Crippen LogP contribution in [0.1, 0.15) is 48.7 Å². The fourth-order valence-corrected chi connectivity index (χ4v) is 4.96. The topological polar surface area (TPSA) is 46.9 Å². The van der Waals surface area contributed by atoms with Gasteiger partial charge in [-0.15, -0.1) is 0 Å². The highest BCUT2D eigenvalue weighted by Gasteiger charge is 2.31. The molecule has 1 amide bonds. The molecule has 4 heteroatoms. The van der Waals surface area contributed by atoms with Gasteiger partial charge in [-0.2, -0.15) is 5.10 Å². The van der Waals surface area contributed by atoms with Gasteiger partial charge in [0, 0.05) is 5.56 Å². The molecule has 34 heavy (non-hydrogen) atoms. The molecule has 1 N–H and O–H groups in total. The van der Waals surface area contributed by atoms with Crippen molar-refractivity contribution >= 4 is 5.91 Å². The number of carbonyl (C=O) groups is 1. The van der Waals surface area contributed by atoms with Crippen molar-refractivity contribution in [2.24, 2.45) is 5.92 Å². The summed E-state index contributed by atoms with van der Waals surface area (Å²) in [7, 11) is 0. The van der Waals surface area contributed by atoms with E-state index in [2.05, 4.69) is 18.0 Å². The molecule has 1 aliphatic rings. The van der Waals surface area contributed by atoms with Crippen molar-refractivity contribution in [1.82, 2.24) is 15.1 Å². The number of rotatable bonds is 8. The molecule has 1 unspecified atom stereocenters. The molecule has 0 spiro atoms. The number of aromatic nitrogens is 2. The van der Waals surface area contributed by atoms with Gasteiger partial charge in [-0.1, -0.05) is 92.3 Å². The van der Waals surface area contributed by atoms with E-state index in [9.17, 15) is 4.79 Å². The highest BCUT2D eigenvalue weighted by molar-refractivity contribution is 6.01. The molecule has 0 aliphatic heterocycles. The smallest absolute Gasteiger partial charge is 0.255 e. The van der Waals surface area contributed by atoms with Crippen LogP contribution < -0.4 is 5.32 Å². The van der Waals surface area contributed by atoms with Gasteiger partial charge in [-0.05, 0) is 50.3 Å². The zero-order valence-electron chi connectivity index (χ0n) is 20.1. The number of benzene rings is 2. The number of nitrogens with zero attached hydrogens (tertiary/aromatic N) is 2. The van der Waals surface area contributed by atoms with Crippen molar-refractivity contribution in [3.05, 3.63) is 108 Å². The van der Waals surface area contributed by atoms with Crippen LogP contribution in [0.5, 0.6) is 0 Å². The van der Waals surface area contributed by atoms with E-state index >= 15 is 0 Å². The number of allylic oxidation sites excluding steroid dienone is 3. The van der Waals surface area contributed by atoms with Gasteiger partial charge in [0.15, 0.2) is 0 Å². The number of para-hydroxylation sites is 1. The van der Waals surface area contributed by atoms with Crippen molar-refractivity contribution < 1.29 is 4.79 Å². The SMILES string of the molecule is C=C/C=C(\C=C/C)C(NC(=O)c1c(-c2ccccc2)nn(-c2ccccc2)c1C)C1CCCC1. The van der Waals surface area contributed by atoms with Crippen molar-refractivity contribution in [2.45, 2.75) is 45.6 Å². The Bertz CT molecular complexity index is 1180. The van der Waals surface area contributed by atoms with Gasteiger partial charge >= 0.3 is 0 Å². The first kappa shape index (κ1) is 23.5. The first-order valence-electron chi connectivity index (χ1n) is 12.1. The van der Waals surface area contributed by atoms with Crippen LogP contribution in [0.15, 0.2) is 97.1 Å². The third-order valence-corrected chi connectivity index (χ3v) is 6.58. The Balaban J connectivity index is 1.78. The van der Waals surface area contributed by atoms with Gasteiger partial charge in [-0.25, -0.2) is 4.68 Å². The first-order chi connectivity index (χ1) is 16.6. The molecule has 2 aromatic carbocycles. The van der Waals surface area contributed by atoms with Crippen LogP contribution >= 0.6 is 0 Å². The molecule has 4 nitrogen and oxygen atoms in total. The van der Waals surface area contributed by atoms with Gasteiger partial charge in [0.05, 0.1) is 23.0 Å². The van der Waals surface area contributed by atoms with Crippen LogP contribution in [0, 0.1) is 12.8 Å². The van der Waals surface area contributed by atoms with Crippen LogP contribution in [0.2, 0.25) is 0 Å². The summed E-state index contributed by atoms with van der Waals surface area (Å²) < 4.78 is 1.87. The summed E-state index contributed by atoms with van der Waals surface area (Å²) in [6, 6.07) is 19.8. The average Bonchev–Trinajstić information content (AvgIpc) is 3.52. The second kappa shape index (κ2) is 11.0. The van der Waals surface area contributed by atoms with Crippen molar-refractivity contribution in [2.75, 3.05) is 0 Å². The number of hydrogen-bond acceptors (Lipinski definition) is 2. The van der Waals surface area contributed by atoms with E-state index in [1.54, 1.807) is 6.08 Å². The molecule has 0 saturated heterocycles. The minimum absolute atomic E-state index is 0.0627. The Morgan fingerprint density at radius 1 is 1.09 bits per heavy atom. The number of nitrogens with one attached hydrogen (secondary N) is 1. The van der Waals surface area contributed by atoms with E-state index in [1.807, 2.05) is 91.3 Å². The maximum absolute atomic E-state index is 13.9. The molecular formula is C30H33N3O. The fourth-order valence-electron chi connectivity index (χ4n) is 4.96. The monoisotopic (exact) mass is 451 g/mol. The van der Waals surface area contributed by atoms with E-state index in [0.29, 0.717) is 17.2 Å². The summed E-state index contributed by atoms with van der Waals surface area (Å²) in [6.07, 6.45) is 12.6. The summed E-state index contributed by atoms with van der Waals surface area (Å²) in [5, 5.41) is 8.31. The van der Waals surface area contributed by atoms with Gasteiger partial charge in [0.25, 0.3) is 5.91 Å². The van der Waals surface area contributed by atoms with Gasteiger partial charge < -0.3 is 5.32 Å². The molecule has 1 fully saturated rings. The van der Waals surface area contributed by atoms with Crippen LogP contribution in [0.3, 0.4) is 0 Å². The summed E-state index contributed by atoms with van der Waals surface area (Å²) in [6.45, 7) is 7.87. The largest absolute Gasteiger partial charge is 0.345 e. The van der Waals surface area contributed by atoms with Crippen LogP contribution in [0.4, 0.5) is 0 Å². The zero-order valence-corrected chi connectivity index (χ0v) is 20.1. The molecule has 1 aromatic heterocycles. The number of amides is 1. The highest BCUT2D eigenvalue weighted by atomic mass is 16.1. The first-order valence-corrected chi connectivity index (χ1v) is 12.1. The summed E-state index contributed by atoms with van der Waals surface area (Å²) in [4.78, 5) is 13.9. The Morgan fingerprint density at radius 3 is 2.35 bits per heavy atom. The second-order valence-electron chi connectivity index (χ2n) is 8.82. The zero-order chi connectivity index (χ0) is 23.9. The van der Waals surface area contributed by atoms with Gasteiger partial charge in [-0.3, -0.25) is 4.79 Å². The fraction of sp³-hybridized carbons (Fsp3) is 0.267. The Labute approximate surface area is 202 Å². The molecule has 3 aromatic rings. The molecule has 0 bridgehead atoms. The van der Waals surface area contributed by atoms with Gasteiger partial charge in [0.1, 0.15) is 5.69 Å². The Kier molecular flexibility index (Phi) is 7.58. The Morgan fingerprint density at radius 2 is 1.74 bits per heavy atom. The van der Waals surface area contributed by atoms with Crippen LogP contribution in [-0.2, 0) is 0 Å². The standard InChI is InChI=1S/C30H33N3O/c1-4-14-23(15-5-2)28(24-18-12-13-19-24)31-30(34)27-22(3)33(26-20-10-7-11-21-26)32-29(27)25-16-8-6-9-17-25/h4-11,14-17,20-21,24,28H,1,12-13,18-19H2,2-3H3,(H,31,34)/b15-5-,23-14+. The van der Waals surface area contributed by atoms with E-state index in [4.69, 9.17) is 5.10 Å². The second-order valence-corrected chi connectivity index (χ2v) is 8.82. The summed E-state index contributed by atoms with van der Waals surface area (Å²) in [5.74, 6) is 0.325. The maximum atomic E-state index is 13.9. The molecule has 174 valence electrons. The van der Waals surface area contributed by atoms with E-state index in [0.717, 1.165) is 35.4 Å². The molecule has 0 radical (unpaired) electrons. The average molecular weight is 452 g/mol. The maximum Gasteiger partial charge on any atom is 0.255 e. The van der Waals surface area contributed by atoms with Gasteiger partial charge in [0.2, 0.25) is 0 Å². The minimum atomic E-state index is -0.0881. The third-order valence-electron chi connectivity index (χ3n) is 6.58. The lowest BCUT2D eigenvalue weighted by atomic mass is 9.90. The van der Waals surface area contributed by atoms with Crippen LogP contribution in [0.25, 0.3) is 16.9 Å². The third kappa shape index (κ3) is 4.96. The lowest BCUT2D eigenvalue weighted by molar-refractivity contribution is 0.0931. The summed E-state index contributed by atoms with van der Waals surface area (Å²) in [5.41, 5.74) is 5.10. The number of carbonyl (C=O) groups excluding carboxylic acids is 1. The summed E-state index contributed by atoms with van der Waals surface area (Å²) >= 11 is 0. The van der Waals surface area contributed by atoms with E-state index in [1.165, 1.54) is 12.8 Å². The molecule has 1 aliphatic carbocycles. The van der Waals surface area contributed by atoms with Crippen LogP contribution in [-0.4, -0.2) is 21.7 Å². The molecular weight excluding hydrogens is 418 g/mol. The quantitative estimate of drug-likeness (QED) is 0.382. The minimum Gasteiger partial charge on any atom is -0.345 e. The molecule has 1 atom stereocenters. The highest BCUT2D eigenvalue weighted by Crippen LogP contribution is 2.33. The normalized spacial score (nSPS) is 15.5. The van der Waals surface area contributed by atoms with E-state index < -0.39 is 0 Å². The predicted molar refractivity (Wildman–Crippen MR) is 140 cm³/mol. The van der Waals surface area contributed by atoms with E-state index in [-0.39, 0.29) is 11.9 Å². The molecule has 4 rings (SSSR count). The molecule has 1 heterocycles. The lowest BCUT2D eigenvalue weighted by Gasteiger charge is -2.26. The van der Waals surface area contributed by atoms with Crippen molar-refractivity contribution in [3.8, 4) is 16.9 Å².